The van der Waals surface area contributed by atoms with Crippen LogP contribution in [0.2, 0.25) is 0 Å². The molecule has 8 heteroatoms. The van der Waals surface area contributed by atoms with Gasteiger partial charge in [0.25, 0.3) is 0 Å². The van der Waals surface area contributed by atoms with Gasteiger partial charge in [0.2, 0.25) is 4.96 Å². The van der Waals surface area contributed by atoms with E-state index in [2.05, 4.69) is 15.3 Å². The first-order valence-corrected chi connectivity index (χ1v) is 7.73. The third-order valence-corrected chi connectivity index (χ3v) is 3.93. The van der Waals surface area contributed by atoms with Crippen molar-refractivity contribution in [3.05, 3.63) is 39.6 Å². The molecule has 0 bridgehead atoms. The van der Waals surface area contributed by atoms with Crippen molar-refractivity contribution in [1.29, 1.82) is 0 Å². The van der Waals surface area contributed by atoms with Crippen molar-refractivity contribution >= 4 is 16.3 Å². The highest BCUT2D eigenvalue weighted by molar-refractivity contribution is 7.16. The fraction of sp³-hybridized carbons (Fsp3) is 0.286. The van der Waals surface area contributed by atoms with Crippen LogP contribution in [0, 0.1) is 0 Å². The van der Waals surface area contributed by atoms with Gasteiger partial charge in [-0.1, -0.05) is 18.3 Å². The van der Waals surface area contributed by atoms with Crippen molar-refractivity contribution in [2.24, 2.45) is 5.73 Å². The van der Waals surface area contributed by atoms with E-state index in [-0.39, 0.29) is 17.8 Å². The van der Waals surface area contributed by atoms with Crippen LogP contribution in [0.4, 0.5) is 0 Å². The zero-order valence-electron chi connectivity index (χ0n) is 12.0. The summed E-state index contributed by atoms with van der Waals surface area (Å²) in [7, 11) is 0. The van der Waals surface area contributed by atoms with Crippen LogP contribution >= 0.6 is 11.3 Å². The summed E-state index contributed by atoms with van der Waals surface area (Å²) in [5.41, 5.74) is 6.17. The van der Waals surface area contributed by atoms with Crippen LogP contribution in [0.5, 0.6) is 5.75 Å². The molecular weight excluding hydrogens is 302 g/mol. The van der Waals surface area contributed by atoms with Crippen LogP contribution in [-0.2, 0) is 6.54 Å². The molecule has 0 aliphatic carbocycles. The summed E-state index contributed by atoms with van der Waals surface area (Å²) in [6.45, 7) is 2.98. The molecule has 0 atom stereocenters. The molecule has 0 aliphatic heterocycles. The first-order chi connectivity index (χ1) is 10.7. The second-order valence-electron chi connectivity index (χ2n) is 4.62. The number of hydrogen-bond donors (Lipinski definition) is 1. The molecule has 2 heterocycles. The third kappa shape index (κ3) is 2.70. The first kappa shape index (κ1) is 14.6. The number of nitrogens with zero attached hydrogens (tertiary/aromatic N) is 4. The summed E-state index contributed by atoms with van der Waals surface area (Å²) in [5.74, 6) is 0.763. The zero-order valence-corrected chi connectivity index (χ0v) is 12.8. The number of aromatic nitrogens is 4. The number of hydrogen-bond acceptors (Lipinski definition) is 7. The van der Waals surface area contributed by atoms with Crippen molar-refractivity contribution in [1.82, 2.24) is 19.8 Å². The molecule has 22 heavy (non-hydrogen) atoms. The molecule has 7 nitrogen and oxygen atoms in total. The van der Waals surface area contributed by atoms with Crippen LogP contribution in [0.15, 0.2) is 29.1 Å². The predicted octanol–water partition coefficient (Wildman–Crippen LogP) is 1.46. The van der Waals surface area contributed by atoms with E-state index in [0.29, 0.717) is 22.1 Å². The summed E-state index contributed by atoms with van der Waals surface area (Å²) in [6.07, 6.45) is 0.943. The zero-order chi connectivity index (χ0) is 15.5. The molecule has 0 fully saturated rings. The SMILES string of the molecule is CCCOc1ccc(-c2nnc3sc(CN)nn3c2=O)cc1. The Labute approximate surface area is 130 Å². The molecule has 3 rings (SSSR count). The second kappa shape index (κ2) is 6.20. The summed E-state index contributed by atoms with van der Waals surface area (Å²) < 4.78 is 6.77. The quantitative estimate of drug-likeness (QED) is 0.765. The Morgan fingerprint density at radius 2 is 2.05 bits per heavy atom. The van der Waals surface area contributed by atoms with E-state index >= 15 is 0 Å². The maximum atomic E-state index is 12.4. The molecule has 0 radical (unpaired) electrons. The van der Waals surface area contributed by atoms with Crippen molar-refractivity contribution < 1.29 is 4.74 Å². The molecule has 0 saturated heterocycles. The molecule has 0 amide bonds. The Morgan fingerprint density at radius 1 is 1.27 bits per heavy atom. The molecular formula is C14H15N5O2S. The van der Waals surface area contributed by atoms with Gasteiger partial charge in [-0.25, -0.2) is 0 Å². The number of ether oxygens (including phenoxy) is 1. The number of rotatable bonds is 5. The van der Waals surface area contributed by atoms with Crippen molar-refractivity contribution in [2.45, 2.75) is 19.9 Å². The highest BCUT2D eigenvalue weighted by Crippen LogP contribution is 2.19. The fourth-order valence-corrected chi connectivity index (χ4v) is 2.66. The average molecular weight is 317 g/mol. The van der Waals surface area contributed by atoms with Crippen LogP contribution in [0.3, 0.4) is 0 Å². The smallest absolute Gasteiger partial charge is 0.302 e. The molecule has 114 valence electrons. The summed E-state index contributed by atoms with van der Waals surface area (Å²) in [6, 6.07) is 7.21. The normalized spacial score (nSPS) is 11.0. The van der Waals surface area contributed by atoms with Gasteiger partial charge in [0.15, 0.2) is 5.69 Å². The number of nitrogens with two attached hydrogens (primary N) is 1. The Balaban J connectivity index is 1.99. The minimum atomic E-state index is -0.303. The third-order valence-electron chi connectivity index (χ3n) is 3.01. The minimum absolute atomic E-state index is 0.258. The van der Waals surface area contributed by atoms with Crippen LogP contribution in [0.25, 0.3) is 16.2 Å². The van der Waals surface area contributed by atoms with E-state index < -0.39 is 0 Å². The van der Waals surface area contributed by atoms with Crippen molar-refractivity contribution in [2.75, 3.05) is 6.61 Å². The lowest BCUT2D eigenvalue weighted by molar-refractivity contribution is 0.317. The second-order valence-corrected chi connectivity index (χ2v) is 5.66. The molecule has 2 aromatic heterocycles. The largest absolute Gasteiger partial charge is 0.494 e. The minimum Gasteiger partial charge on any atom is -0.494 e. The Bertz CT molecular complexity index is 841. The van der Waals surface area contributed by atoms with Gasteiger partial charge in [0.1, 0.15) is 10.8 Å². The van der Waals surface area contributed by atoms with Crippen molar-refractivity contribution in [3.8, 4) is 17.0 Å². The van der Waals surface area contributed by atoms with Gasteiger partial charge in [-0.2, -0.15) is 9.61 Å². The predicted molar refractivity (Wildman–Crippen MR) is 84.0 cm³/mol. The van der Waals surface area contributed by atoms with E-state index in [1.807, 2.05) is 19.1 Å². The van der Waals surface area contributed by atoms with E-state index in [4.69, 9.17) is 10.5 Å². The lowest BCUT2D eigenvalue weighted by Gasteiger charge is -2.05. The van der Waals surface area contributed by atoms with Gasteiger partial charge in [-0.3, -0.25) is 4.79 Å². The van der Waals surface area contributed by atoms with Gasteiger partial charge < -0.3 is 10.5 Å². The topological polar surface area (TPSA) is 95.4 Å². The summed E-state index contributed by atoms with van der Waals surface area (Å²) >= 11 is 1.26. The maximum Gasteiger partial charge on any atom is 0.302 e. The molecule has 1 aromatic carbocycles. The van der Waals surface area contributed by atoms with Gasteiger partial charge in [-0.15, -0.1) is 10.2 Å². The fourth-order valence-electron chi connectivity index (χ4n) is 1.95. The Morgan fingerprint density at radius 3 is 2.73 bits per heavy atom. The lowest BCUT2D eigenvalue weighted by atomic mass is 10.1. The molecule has 0 aliphatic rings. The van der Waals surface area contributed by atoms with Gasteiger partial charge in [0, 0.05) is 12.1 Å². The molecule has 0 spiro atoms. The van der Waals surface area contributed by atoms with Crippen LogP contribution in [-0.4, -0.2) is 26.4 Å². The van der Waals surface area contributed by atoms with E-state index in [9.17, 15) is 4.79 Å². The maximum absolute atomic E-state index is 12.4. The molecule has 0 unspecified atom stereocenters. The summed E-state index contributed by atoms with van der Waals surface area (Å²) in [4.78, 5) is 12.9. The van der Waals surface area contributed by atoms with E-state index in [0.717, 1.165) is 12.2 Å². The standard InChI is InChI=1S/C14H15N5O2S/c1-2-7-21-10-5-3-9(4-6-10)12-13(20)19-14(17-16-12)22-11(8-15)18-19/h3-6H,2,7-8,15H2,1H3. The number of fused-ring (bicyclic) bond motifs is 1. The van der Waals surface area contributed by atoms with Gasteiger partial charge >= 0.3 is 5.56 Å². The van der Waals surface area contributed by atoms with Gasteiger partial charge in [0.05, 0.1) is 6.61 Å². The first-order valence-electron chi connectivity index (χ1n) is 6.91. The highest BCUT2D eigenvalue weighted by atomic mass is 32.1. The lowest BCUT2D eigenvalue weighted by Crippen LogP contribution is -2.19. The van der Waals surface area contributed by atoms with Crippen molar-refractivity contribution in [3.63, 3.8) is 0 Å². The Hall–Kier alpha value is -2.32. The van der Waals surface area contributed by atoms with Crippen LogP contribution in [0.1, 0.15) is 18.4 Å². The highest BCUT2D eigenvalue weighted by Gasteiger charge is 2.13. The van der Waals surface area contributed by atoms with E-state index in [1.165, 1.54) is 15.9 Å². The summed E-state index contributed by atoms with van der Waals surface area (Å²) in [5, 5.41) is 12.9. The van der Waals surface area contributed by atoms with Crippen LogP contribution < -0.4 is 16.0 Å². The molecule has 0 saturated carbocycles. The Kier molecular flexibility index (Phi) is 4.12. The molecule has 3 aromatic rings. The molecule has 2 N–H and O–H groups in total. The number of benzene rings is 1. The monoisotopic (exact) mass is 317 g/mol. The van der Waals surface area contributed by atoms with E-state index in [1.54, 1.807) is 12.1 Å². The van der Waals surface area contributed by atoms with Gasteiger partial charge in [-0.05, 0) is 30.7 Å². The average Bonchev–Trinajstić information content (AvgIpc) is 2.98.